The molecule has 0 radical (unpaired) electrons. The molecular formula is C11H10INO3. The van der Waals surface area contributed by atoms with Crippen LogP contribution in [0.25, 0.3) is 0 Å². The van der Waals surface area contributed by atoms with Gasteiger partial charge in [0, 0.05) is 3.57 Å². The fourth-order valence-corrected chi connectivity index (χ4v) is 1.79. The van der Waals surface area contributed by atoms with E-state index in [1.54, 1.807) is 19.1 Å². The van der Waals surface area contributed by atoms with Gasteiger partial charge in [-0.25, -0.2) is 4.79 Å². The second-order valence-corrected chi connectivity index (χ2v) is 4.00. The fourth-order valence-electron chi connectivity index (χ4n) is 1.24. The van der Waals surface area contributed by atoms with Gasteiger partial charge in [-0.05, 0) is 41.6 Å². The van der Waals surface area contributed by atoms with Crippen molar-refractivity contribution in [2.45, 2.75) is 6.92 Å². The summed E-state index contributed by atoms with van der Waals surface area (Å²) in [5.74, 6) is -0.208. The van der Waals surface area contributed by atoms with Crippen LogP contribution in [0.3, 0.4) is 0 Å². The molecule has 0 N–H and O–H groups in total. The monoisotopic (exact) mass is 331 g/mol. The molecule has 84 valence electrons. The Morgan fingerprint density at radius 1 is 1.56 bits per heavy atom. The summed E-state index contributed by atoms with van der Waals surface area (Å²) in [6.45, 7) is 2.01. The van der Waals surface area contributed by atoms with Crippen molar-refractivity contribution in [1.29, 1.82) is 5.26 Å². The van der Waals surface area contributed by atoms with Crippen molar-refractivity contribution in [3.05, 3.63) is 26.8 Å². The maximum Gasteiger partial charge on any atom is 0.341 e. The third-order valence-electron chi connectivity index (χ3n) is 1.92. The van der Waals surface area contributed by atoms with Gasteiger partial charge >= 0.3 is 5.97 Å². The summed E-state index contributed by atoms with van der Waals surface area (Å²) in [6.07, 6.45) is 0. The number of methoxy groups -OCH3 is 1. The number of nitrogens with zero attached hydrogens (tertiary/aromatic N) is 1. The summed E-state index contributed by atoms with van der Waals surface area (Å²) in [5.41, 5.74) is 0.634. The molecule has 0 bridgehead atoms. The van der Waals surface area contributed by atoms with Crippen LogP contribution in [0.5, 0.6) is 5.75 Å². The zero-order chi connectivity index (χ0) is 12.1. The van der Waals surface area contributed by atoms with Crippen LogP contribution in [0.4, 0.5) is 0 Å². The zero-order valence-corrected chi connectivity index (χ0v) is 11.1. The molecule has 5 heteroatoms. The number of carbonyl (C=O) groups is 1. The van der Waals surface area contributed by atoms with Gasteiger partial charge in [0.15, 0.2) is 5.75 Å². The van der Waals surface area contributed by atoms with E-state index in [-0.39, 0.29) is 17.9 Å². The lowest BCUT2D eigenvalue weighted by molar-refractivity contribution is 0.0522. The minimum Gasteiger partial charge on any atom is -0.494 e. The van der Waals surface area contributed by atoms with Gasteiger partial charge in [-0.2, -0.15) is 5.26 Å². The zero-order valence-electron chi connectivity index (χ0n) is 8.91. The van der Waals surface area contributed by atoms with Crippen molar-refractivity contribution >= 4 is 28.6 Å². The van der Waals surface area contributed by atoms with Gasteiger partial charge in [0.1, 0.15) is 17.2 Å². The van der Waals surface area contributed by atoms with Crippen LogP contribution in [-0.2, 0) is 4.74 Å². The van der Waals surface area contributed by atoms with Crippen LogP contribution in [0.2, 0.25) is 0 Å². The van der Waals surface area contributed by atoms with E-state index in [1.165, 1.54) is 7.11 Å². The summed E-state index contributed by atoms with van der Waals surface area (Å²) in [4.78, 5) is 11.6. The predicted octanol–water partition coefficient (Wildman–Crippen LogP) is 2.35. The number of halogens is 1. The summed E-state index contributed by atoms with van der Waals surface area (Å²) in [5, 5.41) is 8.98. The van der Waals surface area contributed by atoms with E-state index in [4.69, 9.17) is 14.7 Å². The maximum atomic E-state index is 11.6. The predicted molar refractivity (Wildman–Crippen MR) is 66.4 cm³/mol. The first-order chi connectivity index (χ1) is 7.65. The van der Waals surface area contributed by atoms with Gasteiger partial charge in [-0.3, -0.25) is 0 Å². The third kappa shape index (κ3) is 2.44. The second kappa shape index (κ2) is 5.70. The van der Waals surface area contributed by atoms with E-state index in [0.29, 0.717) is 5.56 Å². The maximum absolute atomic E-state index is 11.6. The highest BCUT2D eigenvalue weighted by molar-refractivity contribution is 14.1. The number of hydrogen-bond acceptors (Lipinski definition) is 4. The Morgan fingerprint density at radius 3 is 2.75 bits per heavy atom. The molecule has 1 rings (SSSR count). The molecule has 0 aliphatic carbocycles. The molecule has 0 unspecified atom stereocenters. The molecule has 16 heavy (non-hydrogen) atoms. The Kier molecular flexibility index (Phi) is 4.55. The molecular weight excluding hydrogens is 321 g/mol. The van der Waals surface area contributed by atoms with E-state index < -0.39 is 5.97 Å². The van der Waals surface area contributed by atoms with Gasteiger partial charge in [-0.1, -0.05) is 0 Å². The summed E-state index contributed by atoms with van der Waals surface area (Å²) >= 11 is 2.02. The average molecular weight is 331 g/mol. The molecule has 0 aliphatic heterocycles. The normalized spacial score (nSPS) is 9.38. The van der Waals surface area contributed by atoms with Crippen molar-refractivity contribution in [1.82, 2.24) is 0 Å². The standard InChI is InChI=1S/C11H10INO3/c1-3-16-11(14)7-4-5-9(12)8(6-13)10(7)15-2/h4-5H,3H2,1-2H3. The third-order valence-corrected chi connectivity index (χ3v) is 2.82. The molecule has 4 nitrogen and oxygen atoms in total. The van der Waals surface area contributed by atoms with Gasteiger partial charge in [-0.15, -0.1) is 0 Å². The van der Waals surface area contributed by atoms with E-state index in [1.807, 2.05) is 28.7 Å². The molecule has 0 aliphatic rings. The minimum atomic E-state index is -0.479. The van der Waals surface area contributed by atoms with Crippen LogP contribution in [0, 0.1) is 14.9 Å². The Hall–Kier alpha value is -1.29. The number of nitriles is 1. The van der Waals surface area contributed by atoms with Crippen LogP contribution in [0.1, 0.15) is 22.8 Å². The molecule has 0 amide bonds. The second-order valence-electron chi connectivity index (χ2n) is 2.84. The van der Waals surface area contributed by atoms with Gasteiger partial charge in [0.2, 0.25) is 0 Å². The first kappa shape index (κ1) is 12.8. The SMILES string of the molecule is CCOC(=O)c1ccc(I)c(C#N)c1OC. The quantitative estimate of drug-likeness (QED) is 0.630. The molecule has 0 heterocycles. The number of benzene rings is 1. The number of hydrogen-bond donors (Lipinski definition) is 0. The highest BCUT2D eigenvalue weighted by Gasteiger charge is 2.18. The first-order valence-corrected chi connectivity index (χ1v) is 5.67. The summed E-state index contributed by atoms with van der Waals surface area (Å²) in [6, 6.07) is 5.30. The van der Waals surface area contributed by atoms with Gasteiger partial charge in [0.25, 0.3) is 0 Å². The number of esters is 1. The van der Waals surface area contributed by atoms with Crippen LogP contribution < -0.4 is 4.74 Å². The molecule has 0 spiro atoms. The molecule has 0 saturated carbocycles. The highest BCUT2D eigenvalue weighted by Crippen LogP contribution is 2.28. The van der Waals surface area contributed by atoms with Crippen molar-refractivity contribution in [2.75, 3.05) is 13.7 Å². The van der Waals surface area contributed by atoms with Crippen molar-refractivity contribution in [2.24, 2.45) is 0 Å². The lowest BCUT2D eigenvalue weighted by atomic mass is 10.1. The average Bonchev–Trinajstić information content (AvgIpc) is 2.28. The number of rotatable bonds is 3. The Balaban J connectivity index is 3.31. The largest absolute Gasteiger partial charge is 0.494 e. The van der Waals surface area contributed by atoms with Crippen LogP contribution in [-0.4, -0.2) is 19.7 Å². The molecule has 0 aromatic heterocycles. The number of ether oxygens (including phenoxy) is 2. The van der Waals surface area contributed by atoms with E-state index >= 15 is 0 Å². The number of carbonyl (C=O) groups excluding carboxylic acids is 1. The Labute approximate surface area is 107 Å². The topological polar surface area (TPSA) is 59.3 Å². The lowest BCUT2D eigenvalue weighted by Crippen LogP contribution is -2.08. The molecule has 0 fully saturated rings. The first-order valence-electron chi connectivity index (χ1n) is 4.59. The van der Waals surface area contributed by atoms with Crippen molar-refractivity contribution < 1.29 is 14.3 Å². The lowest BCUT2D eigenvalue weighted by Gasteiger charge is -2.10. The van der Waals surface area contributed by atoms with E-state index in [2.05, 4.69) is 0 Å². The molecule has 1 aromatic carbocycles. The van der Waals surface area contributed by atoms with Crippen molar-refractivity contribution in [3.8, 4) is 11.8 Å². The van der Waals surface area contributed by atoms with Gasteiger partial charge in [0.05, 0.1) is 13.7 Å². The molecule has 1 aromatic rings. The smallest absolute Gasteiger partial charge is 0.341 e. The van der Waals surface area contributed by atoms with Crippen molar-refractivity contribution in [3.63, 3.8) is 0 Å². The van der Waals surface area contributed by atoms with Gasteiger partial charge < -0.3 is 9.47 Å². The minimum absolute atomic E-state index is 0.271. The Bertz CT molecular complexity index is 451. The summed E-state index contributed by atoms with van der Waals surface area (Å²) < 4.78 is 10.7. The van der Waals surface area contributed by atoms with E-state index in [0.717, 1.165) is 3.57 Å². The van der Waals surface area contributed by atoms with Crippen LogP contribution in [0.15, 0.2) is 12.1 Å². The molecule has 0 atom stereocenters. The fraction of sp³-hybridized carbons (Fsp3) is 0.273. The van der Waals surface area contributed by atoms with E-state index in [9.17, 15) is 4.79 Å². The summed E-state index contributed by atoms with van der Waals surface area (Å²) in [7, 11) is 1.43. The molecule has 0 saturated heterocycles. The highest BCUT2D eigenvalue weighted by atomic mass is 127. The Morgan fingerprint density at radius 2 is 2.25 bits per heavy atom. The van der Waals surface area contributed by atoms with Crippen LogP contribution >= 0.6 is 22.6 Å².